The van der Waals surface area contributed by atoms with Gasteiger partial charge in [-0.05, 0) is 55.5 Å². The summed E-state index contributed by atoms with van der Waals surface area (Å²) in [5, 5.41) is 5.98. The minimum absolute atomic E-state index is 0.0466. The largest absolute Gasteiger partial charge is 0.497 e. The average Bonchev–Trinajstić information content (AvgIpc) is 3.19. The molecule has 8 heteroatoms. The van der Waals surface area contributed by atoms with E-state index < -0.39 is 23.7 Å². The Bertz CT molecular complexity index is 1300. The molecule has 0 bridgehead atoms. The number of benzene rings is 3. The molecule has 2 N–H and O–H groups in total. The van der Waals surface area contributed by atoms with Crippen molar-refractivity contribution >= 4 is 34.2 Å². The van der Waals surface area contributed by atoms with Crippen molar-refractivity contribution in [2.75, 3.05) is 17.7 Å². The number of hydrogen-bond acceptors (Lipinski definition) is 5. The lowest BCUT2D eigenvalue weighted by molar-refractivity contribution is -0.122. The van der Waals surface area contributed by atoms with Gasteiger partial charge in [-0.15, -0.1) is 0 Å². The van der Waals surface area contributed by atoms with Crippen LogP contribution >= 0.6 is 0 Å². The molecule has 3 aromatic carbocycles. The molecule has 1 aromatic heterocycles. The van der Waals surface area contributed by atoms with Gasteiger partial charge in [-0.25, -0.2) is 4.39 Å². The summed E-state index contributed by atoms with van der Waals surface area (Å²) in [7, 11) is 1.55. The highest BCUT2D eigenvalue weighted by Gasteiger charge is 2.25. The van der Waals surface area contributed by atoms with Crippen molar-refractivity contribution in [3.05, 3.63) is 84.4 Å². The van der Waals surface area contributed by atoms with E-state index in [0.717, 1.165) is 0 Å². The Morgan fingerprint density at radius 1 is 0.939 bits per heavy atom. The van der Waals surface area contributed by atoms with Crippen molar-refractivity contribution in [2.24, 2.45) is 0 Å². The number of para-hydroxylation sites is 2. The molecule has 0 radical (unpaired) electrons. The van der Waals surface area contributed by atoms with Crippen LogP contribution in [0.2, 0.25) is 0 Å². The van der Waals surface area contributed by atoms with Crippen molar-refractivity contribution in [1.29, 1.82) is 0 Å². The van der Waals surface area contributed by atoms with Crippen LogP contribution in [0.5, 0.6) is 11.5 Å². The van der Waals surface area contributed by atoms with Crippen LogP contribution in [-0.4, -0.2) is 25.0 Å². The van der Waals surface area contributed by atoms with Crippen LogP contribution in [-0.2, 0) is 4.79 Å². The van der Waals surface area contributed by atoms with Gasteiger partial charge in [0, 0.05) is 11.1 Å². The Labute approximate surface area is 189 Å². The maximum absolute atomic E-state index is 13.9. The fraction of sp³-hybridized carbons (Fsp3) is 0.120. The van der Waals surface area contributed by atoms with E-state index in [1.165, 1.54) is 25.1 Å². The van der Waals surface area contributed by atoms with Crippen molar-refractivity contribution in [3.63, 3.8) is 0 Å². The SMILES string of the molecule is COc1ccc(NC(=O)c2oc3ccccc3c2NC(=O)C(C)Oc2ccccc2F)cc1. The number of fused-ring (bicyclic) bond motifs is 1. The van der Waals surface area contributed by atoms with E-state index >= 15 is 0 Å². The smallest absolute Gasteiger partial charge is 0.293 e. The zero-order chi connectivity index (χ0) is 23.4. The zero-order valence-corrected chi connectivity index (χ0v) is 17.9. The Balaban J connectivity index is 1.58. The number of amides is 2. The molecule has 33 heavy (non-hydrogen) atoms. The van der Waals surface area contributed by atoms with Gasteiger partial charge in [0.25, 0.3) is 11.8 Å². The maximum Gasteiger partial charge on any atom is 0.293 e. The lowest BCUT2D eigenvalue weighted by atomic mass is 10.2. The van der Waals surface area contributed by atoms with Crippen LogP contribution < -0.4 is 20.1 Å². The number of carbonyl (C=O) groups excluding carboxylic acids is 2. The normalized spacial score (nSPS) is 11.6. The van der Waals surface area contributed by atoms with Crippen molar-refractivity contribution < 1.29 is 27.9 Å². The van der Waals surface area contributed by atoms with E-state index in [2.05, 4.69) is 10.6 Å². The first kappa shape index (κ1) is 21.9. The predicted molar refractivity (Wildman–Crippen MR) is 122 cm³/mol. The number of hydrogen-bond donors (Lipinski definition) is 2. The van der Waals surface area contributed by atoms with Gasteiger partial charge in [-0.1, -0.05) is 24.3 Å². The summed E-state index contributed by atoms with van der Waals surface area (Å²) < 4.78 is 30.2. The lowest BCUT2D eigenvalue weighted by Crippen LogP contribution is -2.31. The molecule has 0 aliphatic heterocycles. The molecule has 4 rings (SSSR count). The fourth-order valence-corrected chi connectivity index (χ4v) is 3.20. The standard InChI is InChI=1S/C25H21FN2O5/c1-15(32-21-10-6-4-8-19(21)26)24(29)28-22-18-7-3-5-9-20(18)33-23(22)25(30)27-16-11-13-17(31-2)14-12-16/h3-15H,1-2H3,(H,27,30)(H,28,29). The second-order valence-corrected chi connectivity index (χ2v) is 7.16. The molecule has 0 aliphatic carbocycles. The number of ether oxygens (including phenoxy) is 2. The molecule has 0 spiro atoms. The van der Waals surface area contributed by atoms with Gasteiger partial charge in [-0.3, -0.25) is 9.59 Å². The molecule has 0 aliphatic rings. The average molecular weight is 448 g/mol. The van der Waals surface area contributed by atoms with Gasteiger partial charge >= 0.3 is 0 Å². The van der Waals surface area contributed by atoms with Crippen molar-refractivity contribution in [3.8, 4) is 11.5 Å². The van der Waals surface area contributed by atoms with Gasteiger partial charge in [0.05, 0.1) is 7.11 Å². The molecular formula is C25H21FN2O5. The number of rotatable bonds is 7. The maximum atomic E-state index is 13.9. The first-order valence-corrected chi connectivity index (χ1v) is 10.1. The zero-order valence-electron chi connectivity index (χ0n) is 17.9. The van der Waals surface area contributed by atoms with E-state index in [4.69, 9.17) is 13.9 Å². The van der Waals surface area contributed by atoms with Gasteiger partial charge < -0.3 is 24.5 Å². The van der Waals surface area contributed by atoms with Gasteiger partial charge in [-0.2, -0.15) is 0 Å². The minimum atomic E-state index is -1.03. The molecule has 4 aromatic rings. The van der Waals surface area contributed by atoms with Gasteiger partial charge in [0.2, 0.25) is 5.76 Å². The van der Waals surface area contributed by atoms with E-state index in [0.29, 0.717) is 22.4 Å². The molecule has 1 heterocycles. The van der Waals surface area contributed by atoms with E-state index in [1.807, 2.05) is 0 Å². The van der Waals surface area contributed by atoms with Crippen molar-refractivity contribution in [1.82, 2.24) is 0 Å². The van der Waals surface area contributed by atoms with Crippen LogP contribution in [0.4, 0.5) is 15.8 Å². The summed E-state index contributed by atoms with van der Waals surface area (Å²) in [4.78, 5) is 25.8. The summed E-state index contributed by atoms with van der Waals surface area (Å²) in [6.07, 6.45) is -1.03. The third kappa shape index (κ3) is 4.79. The van der Waals surface area contributed by atoms with E-state index in [9.17, 15) is 14.0 Å². The molecule has 2 amide bonds. The first-order valence-electron chi connectivity index (χ1n) is 10.1. The minimum Gasteiger partial charge on any atom is -0.497 e. The Kier molecular flexibility index (Phi) is 6.26. The third-order valence-corrected chi connectivity index (χ3v) is 4.91. The molecule has 1 unspecified atom stereocenters. The van der Waals surface area contributed by atoms with E-state index in [1.54, 1.807) is 61.7 Å². The molecule has 7 nitrogen and oxygen atoms in total. The molecule has 0 saturated heterocycles. The molecular weight excluding hydrogens is 427 g/mol. The quantitative estimate of drug-likeness (QED) is 0.404. The monoisotopic (exact) mass is 448 g/mol. The van der Waals surface area contributed by atoms with Crippen LogP contribution in [0.3, 0.4) is 0 Å². The first-order chi connectivity index (χ1) is 16.0. The predicted octanol–water partition coefficient (Wildman–Crippen LogP) is 5.24. The second-order valence-electron chi connectivity index (χ2n) is 7.16. The third-order valence-electron chi connectivity index (χ3n) is 4.91. The van der Waals surface area contributed by atoms with Gasteiger partial charge in [0.1, 0.15) is 17.0 Å². The highest BCUT2D eigenvalue weighted by molar-refractivity contribution is 6.15. The number of methoxy groups -OCH3 is 1. The number of carbonyl (C=O) groups is 2. The van der Waals surface area contributed by atoms with Crippen LogP contribution in [0, 0.1) is 5.82 Å². The molecule has 0 fully saturated rings. The summed E-state index contributed by atoms with van der Waals surface area (Å²) in [5.74, 6) is -1.16. The Hall–Kier alpha value is -4.33. The van der Waals surface area contributed by atoms with Crippen LogP contribution in [0.1, 0.15) is 17.5 Å². The topological polar surface area (TPSA) is 89.8 Å². The number of anilines is 2. The van der Waals surface area contributed by atoms with Crippen LogP contribution in [0.15, 0.2) is 77.2 Å². The fourth-order valence-electron chi connectivity index (χ4n) is 3.20. The highest BCUT2D eigenvalue weighted by Crippen LogP contribution is 2.32. The summed E-state index contributed by atoms with van der Waals surface area (Å²) in [6.45, 7) is 1.49. The molecule has 168 valence electrons. The van der Waals surface area contributed by atoms with Gasteiger partial charge in [0.15, 0.2) is 17.7 Å². The second kappa shape index (κ2) is 9.44. The lowest BCUT2D eigenvalue weighted by Gasteiger charge is -2.15. The summed E-state index contributed by atoms with van der Waals surface area (Å²) in [5.41, 5.74) is 1.15. The Morgan fingerprint density at radius 2 is 1.64 bits per heavy atom. The molecule has 0 saturated carbocycles. The molecule has 1 atom stereocenters. The van der Waals surface area contributed by atoms with Crippen LogP contribution in [0.25, 0.3) is 11.0 Å². The Morgan fingerprint density at radius 3 is 2.36 bits per heavy atom. The number of furan rings is 1. The number of halogens is 1. The van der Waals surface area contributed by atoms with Crippen molar-refractivity contribution in [2.45, 2.75) is 13.0 Å². The van der Waals surface area contributed by atoms with E-state index in [-0.39, 0.29) is 17.2 Å². The highest BCUT2D eigenvalue weighted by atomic mass is 19.1. The number of nitrogens with one attached hydrogen (secondary N) is 2. The summed E-state index contributed by atoms with van der Waals surface area (Å²) >= 11 is 0. The summed E-state index contributed by atoms with van der Waals surface area (Å²) in [6, 6.07) is 19.5.